The van der Waals surface area contributed by atoms with Crippen LogP contribution in [0.15, 0.2) is 18.2 Å². The maximum atomic E-state index is 13.7. The fourth-order valence-corrected chi connectivity index (χ4v) is 2.46. The van der Waals surface area contributed by atoms with Crippen molar-refractivity contribution in [1.82, 2.24) is 4.90 Å². The Morgan fingerprint density at radius 3 is 2.61 bits per heavy atom. The molecule has 2 rings (SSSR count). The number of methoxy groups -OCH3 is 1. The van der Waals surface area contributed by atoms with E-state index in [9.17, 15) is 4.39 Å². The van der Waals surface area contributed by atoms with Gasteiger partial charge in [0, 0.05) is 25.2 Å². The number of piperidine rings is 1. The van der Waals surface area contributed by atoms with Crippen LogP contribution in [0.3, 0.4) is 0 Å². The zero-order chi connectivity index (χ0) is 13.1. The highest BCUT2D eigenvalue weighted by Gasteiger charge is 2.22. The minimum absolute atomic E-state index is 0.220. The zero-order valence-corrected chi connectivity index (χ0v) is 11.0. The largest absolute Gasteiger partial charge is 0.494 e. The molecule has 1 aliphatic heterocycles. The van der Waals surface area contributed by atoms with Crippen LogP contribution in [-0.2, 0) is 0 Å². The highest BCUT2D eigenvalue weighted by atomic mass is 19.1. The van der Waals surface area contributed by atoms with Crippen molar-refractivity contribution in [3.63, 3.8) is 0 Å². The number of hydrogen-bond donors (Lipinski definition) is 1. The molecule has 0 bridgehead atoms. The van der Waals surface area contributed by atoms with Gasteiger partial charge in [-0.2, -0.15) is 0 Å². The third-order valence-electron chi connectivity index (χ3n) is 3.78. The Morgan fingerprint density at radius 1 is 1.39 bits per heavy atom. The molecular formula is C14H21FN2O. The number of halogens is 1. The van der Waals surface area contributed by atoms with Gasteiger partial charge in [0.2, 0.25) is 0 Å². The summed E-state index contributed by atoms with van der Waals surface area (Å²) >= 11 is 0. The average Bonchev–Trinajstić information content (AvgIpc) is 2.38. The second-order valence-electron chi connectivity index (χ2n) is 4.94. The second kappa shape index (κ2) is 5.67. The summed E-state index contributed by atoms with van der Waals surface area (Å²) in [5.41, 5.74) is 6.88. The first-order valence-electron chi connectivity index (χ1n) is 6.45. The van der Waals surface area contributed by atoms with Gasteiger partial charge in [-0.25, -0.2) is 4.39 Å². The third kappa shape index (κ3) is 2.82. The predicted octanol–water partition coefficient (Wildman–Crippen LogP) is 2.32. The molecule has 1 fully saturated rings. The topological polar surface area (TPSA) is 38.5 Å². The van der Waals surface area contributed by atoms with Gasteiger partial charge < -0.3 is 10.5 Å². The lowest BCUT2D eigenvalue weighted by atomic mass is 10.0. The van der Waals surface area contributed by atoms with E-state index < -0.39 is 0 Å². The van der Waals surface area contributed by atoms with E-state index in [1.54, 1.807) is 12.1 Å². The van der Waals surface area contributed by atoms with Crippen LogP contribution >= 0.6 is 0 Å². The molecule has 4 heteroatoms. The Morgan fingerprint density at radius 2 is 2.06 bits per heavy atom. The molecule has 1 heterocycles. The molecule has 1 saturated heterocycles. The van der Waals surface area contributed by atoms with Gasteiger partial charge in [0.1, 0.15) is 0 Å². The monoisotopic (exact) mass is 252 g/mol. The van der Waals surface area contributed by atoms with Crippen molar-refractivity contribution in [2.75, 3.05) is 20.2 Å². The maximum absolute atomic E-state index is 13.7. The van der Waals surface area contributed by atoms with Gasteiger partial charge >= 0.3 is 0 Å². The SMILES string of the molecule is COc1ccc(C(C)N2CCC(N)CC2)cc1F. The molecule has 100 valence electrons. The molecule has 3 nitrogen and oxygen atoms in total. The van der Waals surface area contributed by atoms with E-state index in [0.29, 0.717) is 11.8 Å². The van der Waals surface area contributed by atoms with Crippen LogP contribution in [-0.4, -0.2) is 31.1 Å². The van der Waals surface area contributed by atoms with Gasteiger partial charge in [0.15, 0.2) is 11.6 Å². The number of nitrogens with two attached hydrogens (primary N) is 1. The fraction of sp³-hybridized carbons (Fsp3) is 0.571. The average molecular weight is 252 g/mol. The molecule has 0 radical (unpaired) electrons. The molecule has 18 heavy (non-hydrogen) atoms. The summed E-state index contributed by atoms with van der Waals surface area (Å²) in [5, 5.41) is 0. The lowest BCUT2D eigenvalue weighted by Gasteiger charge is -2.35. The van der Waals surface area contributed by atoms with E-state index >= 15 is 0 Å². The number of rotatable bonds is 3. The predicted molar refractivity (Wildman–Crippen MR) is 70.1 cm³/mol. The van der Waals surface area contributed by atoms with Crippen LogP contribution in [0.25, 0.3) is 0 Å². The van der Waals surface area contributed by atoms with Crippen molar-refractivity contribution in [2.45, 2.75) is 31.8 Å². The number of ether oxygens (including phenoxy) is 1. The van der Waals surface area contributed by atoms with Crippen LogP contribution in [0.4, 0.5) is 4.39 Å². The summed E-state index contributed by atoms with van der Waals surface area (Å²) in [6.45, 7) is 4.07. The van der Waals surface area contributed by atoms with Gasteiger partial charge in [-0.15, -0.1) is 0 Å². The molecule has 0 aromatic heterocycles. The molecule has 1 aromatic rings. The van der Waals surface area contributed by atoms with Crippen LogP contribution in [0.1, 0.15) is 31.4 Å². The number of benzene rings is 1. The van der Waals surface area contributed by atoms with E-state index in [0.717, 1.165) is 31.5 Å². The summed E-state index contributed by atoms with van der Waals surface area (Å²) in [6.07, 6.45) is 2.03. The summed E-state index contributed by atoms with van der Waals surface area (Å²) in [5.74, 6) is 0.00202. The van der Waals surface area contributed by atoms with E-state index in [-0.39, 0.29) is 11.9 Å². The Bertz CT molecular complexity index is 403. The van der Waals surface area contributed by atoms with Gasteiger partial charge in [0.05, 0.1) is 7.11 Å². The fourth-order valence-electron chi connectivity index (χ4n) is 2.46. The summed E-state index contributed by atoms with van der Waals surface area (Å²) in [6, 6.07) is 5.73. The molecule has 1 aliphatic rings. The lowest BCUT2D eigenvalue weighted by Crippen LogP contribution is -2.40. The summed E-state index contributed by atoms with van der Waals surface area (Å²) in [4.78, 5) is 2.35. The van der Waals surface area contributed by atoms with Crippen LogP contribution in [0, 0.1) is 5.82 Å². The number of likely N-dealkylation sites (tertiary alicyclic amines) is 1. The van der Waals surface area contributed by atoms with Crippen LogP contribution in [0.5, 0.6) is 5.75 Å². The molecule has 1 aromatic carbocycles. The van der Waals surface area contributed by atoms with Crippen molar-refractivity contribution < 1.29 is 9.13 Å². The zero-order valence-electron chi connectivity index (χ0n) is 11.0. The Balaban J connectivity index is 2.08. The minimum Gasteiger partial charge on any atom is -0.494 e. The maximum Gasteiger partial charge on any atom is 0.165 e. The van der Waals surface area contributed by atoms with E-state index in [4.69, 9.17) is 10.5 Å². The first-order valence-corrected chi connectivity index (χ1v) is 6.45. The Hall–Kier alpha value is -1.13. The Labute approximate surface area is 108 Å². The molecule has 1 unspecified atom stereocenters. The molecule has 1 atom stereocenters. The first-order chi connectivity index (χ1) is 8.61. The van der Waals surface area contributed by atoms with E-state index in [1.807, 2.05) is 6.07 Å². The standard InChI is InChI=1S/C14H21FN2O/c1-10(17-7-5-12(16)6-8-17)11-3-4-14(18-2)13(15)9-11/h3-4,9-10,12H,5-8,16H2,1-2H3. The van der Waals surface area contributed by atoms with Gasteiger partial charge in [-0.3, -0.25) is 4.90 Å². The molecule has 0 spiro atoms. The third-order valence-corrected chi connectivity index (χ3v) is 3.78. The van der Waals surface area contributed by atoms with Gasteiger partial charge in [-0.05, 0) is 37.5 Å². The number of hydrogen-bond acceptors (Lipinski definition) is 3. The smallest absolute Gasteiger partial charge is 0.165 e. The molecule has 2 N–H and O–H groups in total. The quantitative estimate of drug-likeness (QED) is 0.897. The Kier molecular flexibility index (Phi) is 4.19. The van der Waals surface area contributed by atoms with Crippen LogP contribution in [0.2, 0.25) is 0 Å². The van der Waals surface area contributed by atoms with Crippen LogP contribution < -0.4 is 10.5 Å². The van der Waals surface area contributed by atoms with Crippen molar-refractivity contribution in [2.24, 2.45) is 5.73 Å². The molecular weight excluding hydrogens is 231 g/mol. The van der Waals surface area contributed by atoms with Crippen molar-refractivity contribution >= 4 is 0 Å². The minimum atomic E-state index is -0.296. The normalized spacial score (nSPS) is 19.8. The highest BCUT2D eigenvalue weighted by molar-refractivity contribution is 5.30. The summed E-state index contributed by atoms with van der Waals surface area (Å²) in [7, 11) is 1.48. The second-order valence-corrected chi connectivity index (χ2v) is 4.94. The highest BCUT2D eigenvalue weighted by Crippen LogP contribution is 2.27. The number of nitrogens with zero attached hydrogens (tertiary/aromatic N) is 1. The van der Waals surface area contributed by atoms with Gasteiger partial charge in [-0.1, -0.05) is 6.07 Å². The van der Waals surface area contributed by atoms with E-state index in [2.05, 4.69) is 11.8 Å². The van der Waals surface area contributed by atoms with E-state index in [1.165, 1.54) is 7.11 Å². The first kappa shape index (κ1) is 13.3. The lowest BCUT2D eigenvalue weighted by molar-refractivity contribution is 0.163. The van der Waals surface area contributed by atoms with Gasteiger partial charge in [0.25, 0.3) is 0 Å². The molecule has 0 aliphatic carbocycles. The van der Waals surface area contributed by atoms with Crippen molar-refractivity contribution in [3.8, 4) is 5.75 Å². The van der Waals surface area contributed by atoms with Crippen molar-refractivity contribution in [1.29, 1.82) is 0 Å². The molecule has 0 saturated carbocycles. The summed E-state index contributed by atoms with van der Waals surface area (Å²) < 4.78 is 18.6. The molecule has 0 amide bonds. The van der Waals surface area contributed by atoms with Crippen molar-refractivity contribution in [3.05, 3.63) is 29.6 Å².